The first-order chi connectivity index (χ1) is 24.6. The van der Waals surface area contributed by atoms with Crippen LogP contribution in [0.4, 0.5) is 11.4 Å². The summed E-state index contributed by atoms with van der Waals surface area (Å²) in [5.74, 6) is 1.06. The lowest BCUT2D eigenvalue weighted by molar-refractivity contribution is 0.654. The molecular formula is C47H46N4. The summed E-state index contributed by atoms with van der Waals surface area (Å²) < 4.78 is 0. The number of nitrogens with two attached hydrogens (primary N) is 1. The Morgan fingerprint density at radius 3 is 2.10 bits per heavy atom. The van der Waals surface area contributed by atoms with Crippen LogP contribution in [-0.4, -0.2) is 18.7 Å². The van der Waals surface area contributed by atoms with Crippen LogP contribution in [0.15, 0.2) is 156 Å². The van der Waals surface area contributed by atoms with E-state index in [1.165, 1.54) is 39.0 Å². The predicted octanol–water partition coefficient (Wildman–Crippen LogP) is 10.9. The molecule has 0 saturated carbocycles. The van der Waals surface area contributed by atoms with Crippen molar-refractivity contribution in [1.82, 2.24) is 0 Å². The zero-order valence-corrected chi connectivity index (χ0v) is 30.5. The monoisotopic (exact) mass is 666 g/mol. The fraction of sp³-hybridized carbons (Fsp3) is 0.191. The van der Waals surface area contributed by atoms with Gasteiger partial charge < -0.3 is 10.6 Å². The molecule has 5 aromatic carbocycles. The van der Waals surface area contributed by atoms with Crippen LogP contribution in [0.3, 0.4) is 0 Å². The van der Waals surface area contributed by atoms with Crippen molar-refractivity contribution < 1.29 is 0 Å². The summed E-state index contributed by atoms with van der Waals surface area (Å²) in [6.45, 7) is 15.9. The van der Waals surface area contributed by atoms with Crippen LogP contribution >= 0.6 is 0 Å². The Morgan fingerprint density at radius 2 is 1.39 bits per heavy atom. The van der Waals surface area contributed by atoms with E-state index in [1.807, 2.05) is 24.3 Å². The van der Waals surface area contributed by atoms with Gasteiger partial charge in [-0.3, -0.25) is 4.99 Å². The fourth-order valence-electron chi connectivity index (χ4n) is 8.00. The molecule has 0 bridgehead atoms. The first kappa shape index (κ1) is 33.7. The second-order valence-electron chi connectivity index (χ2n) is 14.5. The zero-order valence-electron chi connectivity index (χ0n) is 30.5. The molecular weight excluding hydrogens is 621 g/mol. The minimum Gasteiger partial charge on any atom is -0.383 e. The largest absolute Gasteiger partial charge is 0.383 e. The van der Waals surface area contributed by atoms with Gasteiger partial charge >= 0.3 is 0 Å². The van der Waals surface area contributed by atoms with E-state index in [2.05, 4.69) is 162 Å². The topological polar surface area (TPSA) is 54.0 Å². The van der Waals surface area contributed by atoms with Crippen molar-refractivity contribution in [3.05, 3.63) is 185 Å². The highest BCUT2D eigenvalue weighted by Crippen LogP contribution is 2.52. The van der Waals surface area contributed by atoms with Crippen molar-refractivity contribution in [2.75, 3.05) is 11.9 Å². The van der Waals surface area contributed by atoms with Crippen molar-refractivity contribution in [3.63, 3.8) is 0 Å². The van der Waals surface area contributed by atoms with E-state index in [4.69, 9.17) is 15.7 Å². The van der Waals surface area contributed by atoms with Crippen LogP contribution in [0.5, 0.6) is 0 Å². The summed E-state index contributed by atoms with van der Waals surface area (Å²) in [4.78, 5) is 12.4. The van der Waals surface area contributed by atoms with Crippen LogP contribution in [0, 0.1) is 0 Å². The third kappa shape index (κ3) is 5.75. The normalized spacial score (nSPS) is 15.9. The number of amidine groups is 2. The molecule has 2 aliphatic rings. The quantitative estimate of drug-likeness (QED) is 0.132. The van der Waals surface area contributed by atoms with E-state index in [1.54, 1.807) is 0 Å². The van der Waals surface area contributed by atoms with E-state index in [9.17, 15) is 0 Å². The molecule has 0 spiro atoms. The minimum atomic E-state index is -0.134. The molecule has 0 unspecified atom stereocenters. The molecule has 2 aliphatic carbocycles. The highest BCUT2D eigenvalue weighted by atomic mass is 15.1. The number of nitrogens with zero attached hydrogens (tertiary/aromatic N) is 3. The van der Waals surface area contributed by atoms with Crippen LogP contribution < -0.4 is 10.6 Å². The van der Waals surface area contributed by atoms with Gasteiger partial charge in [0.2, 0.25) is 0 Å². The number of hydrogen-bond acceptors (Lipinski definition) is 2. The number of aliphatic imine (C=N–C) groups is 2. The molecule has 0 amide bonds. The second-order valence-corrected chi connectivity index (χ2v) is 14.5. The maximum Gasteiger partial charge on any atom is 0.157 e. The lowest BCUT2D eigenvalue weighted by Crippen LogP contribution is -2.19. The second kappa shape index (κ2) is 13.2. The van der Waals surface area contributed by atoms with Crippen molar-refractivity contribution in [2.45, 2.75) is 52.0 Å². The fourth-order valence-corrected chi connectivity index (χ4v) is 8.00. The van der Waals surface area contributed by atoms with E-state index >= 15 is 0 Å². The molecule has 7 rings (SSSR count). The van der Waals surface area contributed by atoms with Gasteiger partial charge in [0, 0.05) is 45.9 Å². The summed E-state index contributed by atoms with van der Waals surface area (Å²) in [5, 5.41) is 0. The number of benzene rings is 5. The average molecular weight is 667 g/mol. The predicted molar refractivity (Wildman–Crippen MR) is 217 cm³/mol. The van der Waals surface area contributed by atoms with Crippen LogP contribution in [0.1, 0.15) is 73.6 Å². The number of rotatable bonds is 8. The lowest BCUT2D eigenvalue weighted by atomic mass is 9.81. The number of allylic oxidation sites excluding steroid dienone is 5. The van der Waals surface area contributed by atoms with Crippen molar-refractivity contribution in [2.24, 2.45) is 15.7 Å². The minimum absolute atomic E-state index is 0.125. The van der Waals surface area contributed by atoms with Crippen molar-refractivity contribution in [3.8, 4) is 11.1 Å². The SMILES string of the molecule is C=CC1=C(/C=C\C)c2c(N(C)c3ccc(C(=NCc4ccccc4)N=C(N)c4cccc5c4-c4ccccc4C5(C)C)cc3)cccc2C1(C)C. The van der Waals surface area contributed by atoms with Gasteiger partial charge in [-0.1, -0.05) is 137 Å². The molecule has 51 heavy (non-hydrogen) atoms. The van der Waals surface area contributed by atoms with Gasteiger partial charge in [-0.05, 0) is 81.8 Å². The first-order valence-corrected chi connectivity index (χ1v) is 17.7. The Kier molecular flexibility index (Phi) is 8.72. The molecule has 0 saturated heterocycles. The van der Waals surface area contributed by atoms with Gasteiger partial charge in [0.15, 0.2) is 5.84 Å². The summed E-state index contributed by atoms with van der Waals surface area (Å²) in [6.07, 6.45) is 6.34. The average Bonchev–Trinajstić information content (AvgIpc) is 3.52. The Bertz CT molecular complexity index is 2260. The third-order valence-corrected chi connectivity index (χ3v) is 10.7. The van der Waals surface area contributed by atoms with Gasteiger partial charge in [0.25, 0.3) is 0 Å². The summed E-state index contributed by atoms with van der Waals surface area (Å²) in [6, 6.07) is 40.4. The molecule has 0 fully saturated rings. The van der Waals surface area contributed by atoms with Crippen LogP contribution in [0.25, 0.3) is 16.7 Å². The summed E-state index contributed by atoms with van der Waals surface area (Å²) >= 11 is 0. The van der Waals surface area contributed by atoms with E-state index in [-0.39, 0.29) is 10.8 Å². The molecule has 0 heterocycles. The highest BCUT2D eigenvalue weighted by molar-refractivity contribution is 6.14. The Morgan fingerprint density at radius 1 is 0.745 bits per heavy atom. The van der Waals surface area contributed by atoms with E-state index in [0.29, 0.717) is 18.2 Å². The van der Waals surface area contributed by atoms with E-state index < -0.39 is 0 Å². The van der Waals surface area contributed by atoms with Gasteiger partial charge in [0.1, 0.15) is 5.84 Å². The molecule has 5 aromatic rings. The number of anilines is 2. The summed E-state index contributed by atoms with van der Waals surface area (Å²) in [5.41, 5.74) is 21.8. The molecule has 4 heteroatoms. The maximum atomic E-state index is 6.95. The molecule has 0 aromatic heterocycles. The number of fused-ring (bicyclic) bond motifs is 4. The Hall–Kier alpha value is -5.74. The standard InChI is InChI=1S/C47H46N4/c1-8-17-34-37(9-2)46(3,4)40-24-16-25-41(43(34)40)51(7)33-28-26-32(27-29-33)45(49-30-31-18-11-10-12-19-31)50-44(48)36-21-15-23-39-42(36)35-20-13-14-22-38(35)47(39,5)6/h8-29H,2,30H2,1,3-7H3,(H2,48,49,50)/b17-8-. The smallest absolute Gasteiger partial charge is 0.157 e. The van der Waals surface area contributed by atoms with Gasteiger partial charge in [-0.15, -0.1) is 0 Å². The van der Waals surface area contributed by atoms with Crippen LogP contribution in [-0.2, 0) is 17.4 Å². The summed E-state index contributed by atoms with van der Waals surface area (Å²) in [7, 11) is 2.13. The van der Waals surface area contributed by atoms with Gasteiger partial charge in [0.05, 0.1) is 6.54 Å². The molecule has 0 atom stereocenters. The Balaban J connectivity index is 1.28. The highest BCUT2D eigenvalue weighted by Gasteiger charge is 2.38. The third-order valence-electron chi connectivity index (χ3n) is 10.7. The molecule has 0 radical (unpaired) electrons. The van der Waals surface area contributed by atoms with Crippen LogP contribution in [0.2, 0.25) is 0 Å². The lowest BCUT2D eigenvalue weighted by Gasteiger charge is -2.26. The number of hydrogen-bond donors (Lipinski definition) is 1. The molecule has 2 N–H and O–H groups in total. The van der Waals surface area contributed by atoms with Crippen molar-refractivity contribution >= 4 is 28.6 Å². The molecule has 0 aliphatic heterocycles. The van der Waals surface area contributed by atoms with E-state index in [0.717, 1.165) is 33.6 Å². The first-order valence-electron chi connectivity index (χ1n) is 17.7. The maximum absolute atomic E-state index is 6.95. The van der Waals surface area contributed by atoms with Crippen molar-refractivity contribution in [1.29, 1.82) is 0 Å². The van der Waals surface area contributed by atoms with Gasteiger partial charge in [-0.25, -0.2) is 4.99 Å². The van der Waals surface area contributed by atoms with Gasteiger partial charge in [-0.2, -0.15) is 0 Å². The molecule has 4 nitrogen and oxygen atoms in total. The zero-order chi connectivity index (χ0) is 35.9. The molecule has 254 valence electrons. The Labute approximate surface area is 303 Å².